The zero-order valence-corrected chi connectivity index (χ0v) is 10.3. The van der Waals surface area contributed by atoms with Crippen molar-refractivity contribution in [2.75, 3.05) is 11.9 Å². The smallest absolute Gasteiger partial charge is 0.247 e. The number of nitrogens with one attached hydrogen (secondary N) is 1. The summed E-state index contributed by atoms with van der Waals surface area (Å²) >= 11 is 0. The van der Waals surface area contributed by atoms with Crippen LogP contribution in [-0.4, -0.2) is 38.0 Å². The minimum atomic E-state index is 0.204. The maximum atomic E-state index is 8.80. The summed E-state index contributed by atoms with van der Waals surface area (Å²) in [4.78, 5) is 0. The number of aliphatic hydroxyl groups excluding tert-OH is 1. The Morgan fingerprint density at radius 3 is 2.83 bits per heavy atom. The van der Waals surface area contributed by atoms with Gasteiger partial charge >= 0.3 is 0 Å². The van der Waals surface area contributed by atoms with E-state index in [1.54, 1.807) is 4.68 Å². The Balaban J connectivity index is 2.09. The van der Waals surface area contributed by atoms with Gasteiger partial charge < -0.3 is 10.4 Å². The summed E-state index contributed by atoms with van der Waals surface area (Å²) in [5.41, 5.74) is 0.916. The van der Waals surface area contributed by atoms with Crippen molar-refractivity contribution in [2.24, 2.45) is 0 Å². The quantitative estimate of drug-likeness (QED) is 0.803. The van der Waals surface area contributed by atoms with Gasteiger partial charge in [0.05, 0.1) is 5.69 Å². The zero-order chi connectivity index (χ0) is 12.8. The largest absolute Gasteiger partial charge is 0.396 e. The molecule has 0 radical (unpaired) electrons. The molecule has 0 aliphatic heterocycles. The number of aliphatic hydroxyl groups is 1. The van der Waals surface area contributed by atoms with Crippen molar-refractivity contribution in [3.63, 3.8) is 0 Å². The summed E-state index contributed by atoms with van der Waals surface area (Å²) in [6, 6.07) is 9.93. The van der Waals surface area contributed by atoms with Gasteiger partial charge in [0.2, 0.25) is 5.95 Å². The number of benzene rings is 1. The van der Waals surface area contributed by atoms with Crippen LogP contribution in [0.15, 0.2) is 30.3 Å². The van der Waals surface area contributed by atoms with Gasteiger partial charge in [-0.15, -0.1) is 0 Å². The molecular formula is C12H17N5O. The molecule has 0 aliphatic rings. The molecule has 2 N–H and O–H groups in total. The van der Waals surface area contributed by atoms with E-state index < -0.39 is 0 Å². The van der Waals surface area contributed by atoms with Gasteiger partial charge in [-0.1, -0.05) is 23.3 Å². The van der Waals surface area contributed by atoms with E-state index >= 15 is 0 Å². The first-order valence-electron chi connectivity index (χ1n) is 6.02. The molecule has 0 aliphatic carbocycles. The van der Waals surface area contributed by atoms with E-state index in [0.717, 1.165) is 18.5 Å². The van der Waals surface area contributed by atoms with Crippen molar-refractivity contribution in [3.8, 4) is 5.69 Å². The molecule has 1 aromatic carbocycles. The van der Waals surface area contributed by atoms with Crippen LogP contribution in [0.1, 0.15) is 19.8 Å². The molecule has 0 fully saturated rings. The van der Waals surface area contributed by atoms with Crippen LogP contribution in [-0.2, 0) is 0 Å². The van der Waals surface area contributed by atoms with Crippen molar-refractivity contribution in [3.05, 3.63) is 30.3 Å². The number of rotatable bonds is 6. The first-order valence-corrected chi connectivity index (χ1v) is 6.02. The molecule has 0 saturated carbocycles. The van der Waals surface area contributed by atoms with Gasteiger partial charge in [0.1, 0.15) is 0 Å². The fourth-order valence-corrected chi connectivity index (χ4v) is 1.71. The standard InChI is InChI=1S/C12H17N5O/c1-10(6-5-9-18)13-12-14-15-16-17(12)11-7-3-2-4-8-11/h2-4,7-8,10,18H,5-6,9H2,1H3,(H,13,14,16). The molecule has 6 nitrogen and oxygen atoms in total. The van der Waals surface area contributed by atoms with Crippen LogP contribution < -0.4 is 5.32 Å². The van der Waals surface area contributed by atoms with Gasteiger partial charge in [0.25, 0.3) is 0 Å². The molecule has 0 amide bonds. The molecule has 18 heavy (non-hydrogen) atoms. The molecular weight excluding hydrogens is 230 g/mol. The van der Waals surface area contributed by atoms with Crippen molar-refractivity contribution < 1.29 is 5.11 Å². The lowest BCUT2D eigenvalue weighted by Crippen LogP contribution is -2.18. The van der Waals surface area contributed by atoms with Crippen LogP contribution in [0.25, 0.3) is 5.69 Å². The molecule has 0 bridgehead atoms. The Kier molecular flexibility index (Phi) is 4.25. The molecule has 1 aromatic heterocycles. The van der Waals surface area contributed by atoms with Gasteiger partial charge in [0, 0.05) is 12.6 Å². The van der Waals surface area contributed by atoms with E-state index in [1.807, 2.05) is 37.3 Å². The number of hydrogen-bond acceptors (Lipinski definition) is 5. The summed E-state index contributed by atoms with van der Waals surface area (Å²) in [7, 11) is 0. The lowest BCUT2D eigenvalue weighted by Gasteiger charge is -2.13. The molecule has 1 unspecified atom stereocenters. The monoisotopic (exact) mass is 247 g/mol. The van der Waals surface area contributed by atoms with Crippen LogP contribution >= 0.6 is 0 Å². The lowest BCUT2D eigenvalue weighted by atomic mass is 10.2. The van der Waals surface area contributed by atoms with E-state index in [-0.39, 0.29) is 12.6 Å². The Labute approximate surface area is 106 Å². The summed E-state index contributed by atoms with van der Waals surface area (Å²) in [5, 5.41) is 23.7. The summed E-state index contributed by atoms with van der Waals surface area (Å²) < 4.78 is 1.66. The highest BCUT2D eigenvalue weighted by Gasteiger charge is 2.10. The molecule has 1 heterocycles. The van der Waals surface area contributed by atoms with Crippen LogP contribution in [0.4, 0.5) is 5.95 Å². The third-order valence-corrected chi connectivity index (χ3v) is 2.64. The maximum absolute atomic E-state index is 8.80. The van der Waals surface area contributed by atoms with Crippen molar-refractivity contribution >= 4 is 5.95 Å². The number of aromatic nitrogens is 4. The lowest BCUT2D eigenvalue weighted by molar-refractivity contribution is 0.282. The van der Waals surface area contributed by atoms with Gasteiger partial charge in [-0.05, 0) is 42.3 Å². The number of hydrogen-bond donors (Lipinski definition) is 2. The van der Waals surface area contributed by atoms with Crippen molar-refractivity contribution in [2.45, 2.75) is 25.8 Å². The molecule has 6 heteroatoms. The zero-order valence-electron chi connectivity index (χ0n) is 10.3. The summed E-state index contributed by atoms with van der Waals surface area (Å²) in [6.45, 7) is 2.25. The second-order valence-corrected chi connectivity index (χ2v) is 4.16. The third kappa shape index (κ3) is 3.04. The SMILES string of the molecule is CC(CCCO)Nc1nnnn1-c1ccccc1. The maximum Gasteiger partial charge on any atom is 0.247 e. The van der Waals surface area contributed by atoms with Gasteiger partial charge in [-0.25, -0.2) is 0 Å². The molecule has 2 rings (SSSR count). The summed E-state index contributed by atoms with van der Waals surface area (Å²) in [6.07, 6.45) is 1.64. The predicted molar refractivity (Wildman–Crippen MR) is 68.6 cm³/mol. The number of para-hydroxylation sites is 1. The summed E-state index contributed by atoms with van der Waals surface area (Å²) in [5.74, 6) is 0.617. The van der Waals surface area contributed by atoms with E-state index in [2.05, 4.69) is 20.8 Å². The van der Waals surface area contributed by atoms with Crippen molar-refractivity contribution in [1.29, 1.82) is 0 Å². The Hall–Kier alpha value is -1.95. The van der Waals surface area contributed by atoms with Gasteiger partial charge in [-0.2, -0.15) is 4.68 Å². The molecule has 0 spiro atoms. The highest BCUT2D eigenvalue weighted by molar-refractivity contribution is 5.38. The minimum absolute atomic E-state index is 0.204. The van der Waals surface area contributed by atoms with E-state index in [0.29, 0.717) is 5.95 Å². The van der Waals surface area contributed by atoms with Gasteiger partial charge in [-0.3, -0.25) is 0 Å². The van der Waals surface area contributed by atoms with Crippen LogP contribution in [0.2, 0.25) is 0 Å². The van der Waals surface area contributed by atoms with Crippen LogP contribution in [0.5, 0.6) is 0 Å². The first-order chi connectivity index (χ1) is 8.81. The number of nitrogens with zero attached hydrogens (tertiary/aromatic N) is 4. The minimum Gasteiger partial charge on any atom is -0.396 e. The highest BCUT2D eigenvalue weighted by Crippen LogP contribution is 2.12. The van der Waals surface area contributed by atoms with E-state index in [9.17, 15) is 0 Å². The topological polar surface area (TPSA) is 75.9 Å². The normalized spacial score (nSPS) is 12.3. The first kappa shape index (κ1) is 12.5. The number of anilines is 1. The highest BCUT2D eigenvalue weighted by atomic mass is 16.2. The average Bonchev–Trinajstić information content (AvgIpc) is 2.85. The fourth-order valence-electron chi connectivity index (χ4n) is 1.71. The van der Waals surface area contributed by atoms with E-state index in [4.69, 9.17) is 5.11 Å². The molecule has 1 atom stereocenters. The molecule has 0 saturated heterocycles. The Bertz CT molecular complexity index is 470. The Morgan fingerprint density at radius 2 is 2.11 bits per heavy atom. The van der Waals surface area contributed by atoms with Crippen LogP contribution in [0.3, 0.4) is 0 Å². The molecule has 96 valence electrons. The van der Waals surface area contributed by atoms with E-state index in [1.165, 1.54) is 0 Å². The molecule has 2 aromatic rings. The van der Waals surface area contributed by atoms with Gasteiger partial charge in [0.15, 0.2) is 0 Å². The predicted octanol–water partition coefficient (Wildman–Crippen LogP) is 1.24. The number of tetrazole rings is 1. The second kappa shape index (κ2) is 6.11. The fraction of sp³-hybridized carbons (Fsp3) is 0.417. The van der Waals surface area contributed by atoms with Crippen molar-refractivity contribution in [1.82, 2.24) is 20.2 Å². The third-order valence-electron chi connectivity index (χ3n) is 2.64. The second-order valence-electron chi connectivity index (χ2n) is 4.16. The van der Waals surface area contributed by atoms with Crippen LogP contribution in [0, 0.1) is 0 Å². The Morgan fingerprint density at radius 1 is 1.33 bits per heavy atom. The average molecular weight is 247 g/mol.